The van der Waals surface area contributed by atoms with E-state index in [-0.39, 0.29) is 23.3 Å². The fourth-order valence-corrected chi connectivity index (χ4v) is 4.03. The van der Waals surface area contributed by atoms with E-state index in [4.69, 9.17) is 0 Å². The number of aromatic nitrogens is 2. The molecule has 1 atom stereocenters. The summed E-state index contributed by atoms with van der Waals surface area (Å²) in [4.78, 5) is 35.3. The zero-order valence-electron chi connectivity index (χ0n) is 18.8. The van der Waals surface area contributed by atoms with E-state index in [0.29, 0.717) is 30.0 Å². The van der Waals surface area contributed by atoms with Gasteiger partial charge in [-0.15, -0.1) is 0 Å². The molecule has 1 aliphatic heterocycles. The van der Waals surface area contributed by atoms with Crippen molar-refractivity contribution in [2.75, 3.05) is 18.4 Å². The van der Waals surface area contributed by atoms with Gasteiger partial charge in [0.1, 0.15) is 0 Å². The molecule has 1 aromatic heterocycles. The lowest BCUT2D eigenvalue weighted by Gasteiger charge is -2.25. The number of rotatable bonds is 5. The minimum absolute atomic E-state index is 0.000850. The van der Waals surface area contributed by atoms with Crippen LogP contribution in [0.2, 0.25) is 0 Å². The summed E-state index contributed by atoms with van der Waals surface area (Å²) in [7, 11) is 0. The first-order chi connectivity index (χ1) is 16.9. The second-order valence-corrected chi connectivity index (χ2v) is 8.32. The Bertz CT molecular complexity index is 1450. The van der Waals surface area contributed by atoms with Gasteiger partial charge in [0.2, 0.25) is 0 Å². The monoisotopic (exact) mass is 503 g/mol. The van der Waals surface area contributed by atoms with Crippen molar-refractivity contribution in [3.05, 3.63) is 79.6 Å². The van der Waals surface area contributed by atoms with Crippen LogP contribution in [-0.4, -0.2) is 44.3 Å². The predicted octanol–water partition coefficient (Wildman–Crippen LogP) is 4.79. The fourth-order valence-electron chi connectivity index (χ4n) is 4.03. The third-order valence-electron chi connectivity index (χ3n) is 5.91. The average Bonchev–Trinajstić information content (AvgIpc) is 2.84. The smallest absolute Gasteiger partial charge is 0.416 e. The second kappa shape index (κ2) is 9.32. The molecule has 188 valence electrons. The molecule has 1 aliphatic rings. The van der Waals surface area contributed by atoms with E-state index in [0.717, 1.165) is 17.7 Å². The van der Waals surface area contributed by atoms with Crippen molar-refractivity contribution >= 4 is 33.9 Å². The summed E-state index contributed by atoms with van der Waals surface area (Å²) in [5.74, 6) is 0.144. The Hall–Kier alpha value is -4.42. The van der Waals surface area contributed by atoms with Gasteiger partial charge in [0.25, 0.3) is 11.2 Å². The SMILES string of the molecule is CC(Nc1n[nH]c(=O)c2ccc(C3=CCCN(C(=O)O)C3)cc12)c1cc([N+](=O)[O-])cc(C(F)(F)F)c1. The van der Waals surface area contributed by atoms with Gasteiger partial charge in [0, 0.05) is 30.6 Å². The van der Waals surface area contributed by atoms with Crippen molar-refractivity contribution < 1.29 is 28.0 Å². The van der Waals surface area contributed by atoms with Crippen LogP contribution in [0.25, 0.3) is 16.3 Å². The molecule has 0 fully saturated rings. The molecule has 2 heterocycles. The van der Waals surface area contributed by atoms with Crippen LogP contribution in [0.4, 0.5) is 29.5 Å². The number of anilines is 1. The average molecular weight is 503 g/mol. The molecule has 0 saturated heterocycles. The molecule has 10 nitrogen and oxygen atoms in total. The Labute approximate surface area is 201 Å². The van der Waals surface area contributed by atoms with Gasteiger partial charge in [-0.05, 0) is 48.2 Å². The lowest BCUT2D eigenvalue weighted by molar-refractivity contribution is -0.385. The Kier molecular flexibility index (Phi) is 6.39. The van der Waals surface area contributed by atoms with Crippen LogP contribution >= 0.6 is 0 Å². The van der Waals surface area contributed by atoms with E-state index in [1.54, 1.807) is 18.2 Å². The molecule has 3 N–H and O–H groups in total. The molecule has 0 spiro atoms. The van der Waals surface area contributed by atoms with Crippen LogP contribution in [0.15, 0.2) is 47.3 Å². The molecule has 2 aromatic carbocycles. The summed E-state index contributed by atoms with van der Waals surface area (Å²) < 4.78 is 39.9. The number of non-ortho nitro benzene ring substituents is 1. The Morgan fingerprint density at radius 1 is 1.25 bits per heavy atom. The predicted molar refractivity (Wildman–Crippen MR) is 125 cm³/mol. The summed E-state index contributed by atoms with van der Waals surface area (Å²) in [6, 6.07) is 6.35. The fraction of sp³-hybridized carbons (Fsp3) is 0.261. The van der Waals surface area contributed by atoms with Crippen LogP contribution in [0.5, 0.6) is 0 Å². The van der Waals surface area contributed by atoms with Crippen molar-refractivity contribution in [3.63, 3.8) is 0 Å². The summed E-state index contributed by atoms with van der Waals surface area (Å²) in [6.07, 6.45) is -3.41. The van der Waals surface area contributed by atoms with Crippen LogP contribution < -0.4 is 10.9 Å². The first-order valence-electron chi connectivity index (χ1n) is 10.8. The standard InChI is InChI=1S/C23H20F3N5O5/c1-12(15-7-16(23(24,25)26)10-17(8-15)31(35)36)27-20-19-9-13(4-5-18(19)21(32)29-28-20)14-3-2-6-30(11-14)22(33)34/h3-5,7-10,12H,2,6,11H2,1H3,(H,27,28)(H,29,32)(H,33,34). The number of amides is 1. The van der Waals surface area contributed by atoms with Crippen LogP contribution in [0, 0.1) is 10.1 Å². The summed E-state index contributed by atoms with van der Waals surface area (Å²) >= 11 is 0. The van der Waals surface area contributed by atoms with Crippen molar-refractivity contribution in [1.29, 1.82) is 0 Å². The maximum Gasteiger partial charge on any atom is 0.416 e. The van der Waals surface area contributed by atoms with Crippen LogP contribution in [0.3, 0.4) is 0 Å². The number of aromatic amines is 1. The largest absolute Gasteiger partial charge is 0.465 e. The van der Waals surface area contributed by atoms with Crippen molar-refractivity contribution in [1.82, 2.24) is 15.1 Å². The minimum Gasteiger partial charge on any atom is -0.465 e. The first-order valence-corrected chi connectivity index (χ1v) is 10.8. The van der Waals surface area contributed by atoms with Gasteiger partial charge >= 0.3 is 12.3 Å². The zero-order valence-corrected chi connectivity index (χ0v) is 18.8. The Balaban J connectivity index is 1.73. The second-order valence-electron chi connectivity index (χ2n) is 8.32. The number of nitrogens with zero attached hydrogens (tertiary/aromatic N) is 3. The van der Waals surface area contributed by atoms with Crippen molar-refractivity contribution in [2.45, 2.75) is 25.6 Å². The highest BCUT2D eigenvalue weighted by atomic mass is 19.4. The highest BCUT2D eigenvalue weighted by Gasteiger charge is 2.33. The minimum atomic E-state index is -4.78. The van der Waals surface area contributed by atoms with Crippen molar-refractivity contribution in [2.24, 2.45) is 0 Å². The van der Waals surface area contributed by atoms with E-state index in [2.05, 4.69) is 15.5 Å². The number of fused-ring (bicyclic) bond motifs is 1. The maximum absolute atomic E-state index is 13.3. The lowest BCUT2D eigenvalue weighted by Crippen LogP contribution is -2.34. The van der Waals surface area contributed by atoms with Gasteiger partial charge in [0.05, 0.1) is 21.9 Å². The van der Waals surface area contributed by atoms with E-state index in [1.165, 1.54) is 11.8 Å². The van der Waals surface area contributed by atoms with Crippen LogP contribution in [-0.2, 0) is 6.18 Å². The number of nitro benzene ring substituents is 1. The number of carbonyl (C=O) groups is 1. The number of carboxylic acid groups (broad SMARTS) is 1. The quantitative estimate of drug-likeness (QED) is 0.336. The third-order valence-corrected chi connectivity index (χ3v) is 5.91. The van der Waals surface area contributed by atoms with Crippen molar-refractivity contribution in [3.8, 4) is 0 Å². The number of alkyl halides is 3. The summed E-state index contributed by atoms with van der Waals surface area (Å²) in [6.45, 7) is 2.03. The van der Waals surface area contributed by atoms with Gasteiger partial charge in [0.15, 0.2) is 5.82 Å². The molecule has 1 amide bonds. The lowest BCUT2D eigenvalue weighted by atomic mass is 9.98. The number of benzene rings is 2. The molecule has 4 rings (SSSR count). The highest BCUT2D eigenvalue weighted by molar-refractivity contribution is 5.94. The number of nitro groups is 1. The van der Waals surface area contributed by atoms with Crippen LogP contribution in [0.1, 0.15) is 36.1 Å². The summed E-state index contributed by atoms with van der Waals surface area (Å²) in [5, 5.41) is 30.4. The molecule has 13 heteroatoms. The maximum atomic E-state index is 13.3. The molecule has 0 radical (unpaired) electrons. The first kappa shape index (κ1) is 24.7. The molecular formula is C23H20F3N5O5. The van der Waals surface area contributed by atoms with E-state index >= 15 is 0 Å². The number of halogens is 3. The Morgan fingerprint density at radius 3 is 2.67 bits per heavy atom. The van der Waals surface area contributed by atoms with Gasteiger partial charge < -0.3 is 15.3 Å². The number of hydrogen-bond acceptors (Lipinski definition) is 6. The zero-order chi connectivity index (χ0) is 26.2. The molecule has 3 aromatic rings. The van der Waals surface area contributed by atoms with Gasteiger partial charge in [-0.1, -0.05) is 12.1 Å². The van der Waals surface area contributed by atoms with Gasteiger partial charge in [-0.3, -0.25) is 14.9 Å². The molecular weight excluding hydrogens is 483 g/mol. The number of nitrogens with one attached hydrogen (secondary N) is 2. The van der Waals surface area contributed by atoms with E-state index < -0.39 is 40.0 Å². The summed E-state index contributed by atoms with van der Waals surface area (Å²) in [5.41, 5.74) is -0.962. The Morgan fingerprint density at radius 2 is 2.00 bits per heavy atom. The molecule has 1 unspecified atom stereocenters. The molecule has 36 heavy (non-hydrogen) atoms. The molecule has 0 aliphatic carbocycles. The molecule has 0 bridgehead atoms. The molecule has 0 saturated carbocycles. The highest BCUT2D eigenvalue weighted by Crippen LogP contribution is 2.35. The number of H-pyrrole nitrogens is 1. The normalized spacial score (nSPS) is 14.9. The van der Waals surface area contributed by atoms with E-state index in [1.807, 2.05) is 6.08 Å². The van der Waals surface area contributed by atoms with Gasteiger partial charge in [-0.25, -0.2) is 9.89 Å². The van der Waals surface area contributed by atoms with E-state index in [9.17, 15) is 38.0 Å². The number of hydrogen-bond donors (Lipinski definition) is 3. The topological polar surface area (TPSA) is 141 Å². The van der Waals surface area contributed by atoms with Gasteiger partial charge in [-0.2, -0.15) is 18.3 Å². The third kappa shape index (κ3) is 4.99.